The summed E-state index contributed by atoms with van der Waals surface area (Å²) in [5.41, 5.74) is 1.18. The Morgan fingerprint density at radius 2 is 2.00 bits per heavy atom. The van der Waals surface area contributed by atoms with Crippen molar-refractivity contribution < 1.29 is 13.2 Å². The molecule has 1 aromatic rings. The summed E-state index contributed by atoms with van der Waals surface area (Å²) in [5.74, 6) is 0.242. The number of rotatable bonds is 6. The third-order valence-corrected chi connectivity index (χ3v) is 5.90. The van der Waals surface area contributed by atoms with Crippen molar-refractivity contribution in [2.24, 2.45) is 0 Å². The van der Waals surface area contributed by atoms with Gasteiger partial charge in [0.05, 0.1) is 18.5 Å². The van der Waals surface area contributed by atoms with E-state index in [0.29, 0.717) is 13.2 Å². The lowest BCUT2D eigenvalue weighted by atomic mass is 10.1. The first-order chi connectivity index (χ1) is 10.0. The molecule has 5 heteroatoms. The summed E-state index contributed by atoms with van der Waals surface area (Å²) >= 11 is 0. The SMILES string of the molecule is CCCCS(=O)(=O)N1CC(Cc2ccccc2)OCC1C. The monoisotopic (exact) mass is 311 g/mol. The third-order valence-electron chi connectivity index (χ3n) is 3.87. The second-order valence-corrected chi connectivity index (χ2v) is 7.77. The van der Waals surface area contributed by atoms with Crippen LogP contribution in [0.4, 0.5) is 0 Å². The molecule has 1 aliphatic heterocycles. The van der Waals surface area contributed by atoms with Gasteiger partial charge in [-0.15, -0.1) is 0 Å². The van der Waals surface area contributed by atoms with Crippen molar-refractivity contribution in [1.29, 1.82) is 0 Å². The fourth-order valence-corrected chi connectivity index (χ4v) is 4.51. The van der Waals surface area contributed by atoms with Crippen molar-refractivity contribution in [3.8, 4) is 0 Å². The largest absolute Gasteiger partial charge is 0.375 e. The lowest BCUT2D eigenvalue weighted by molar-refractivity contribution is -0.0264. The van der Waals surface area contributed by atoms with Crippen LogP contribution in [-0.2, 0) is 21.2 Å². The molecular weight excluding hydrogens is 286 g/mol. The highest BCUT2D eigenvalue weighted by atomic mass is 32.2. The Balaban J connectivity index is 2.02. The maximum Gasteiger partial charge on any atom is 0.214 e. The van der Waals surface area contributed by atoms with Gasteiger partial charge in [0.1, 0.15) is 0 Å². The first kappa shape index (κ1) is 16.5. The molecule has 1 aromatic carbocycles. The van der Waals surface area contributed by atoms with Gasteiger partial charge in [0.15, 0.2) is 0 Å². The molecule has 2 rings (SSSR count). The number of nitrogens with zero attached hydrogens (tertiary/aromatic N) is 1. The topological polar surface area (TPSA) is 46.6 Å². The number of ether oxygens (including phenoxy) is 1. The summed E-state index contributed by atoms with van der Waals surface area (Å²) in [6.45, 7) is 4.86. The first-order valence-electron chi connectivity index (χ1n) is 7.68. The number of unbranched alkanes of at least 4 members (excludes halogenated alkanes) is 1. The first-order valence-corrected chi connectivity index (χ1v) is 9.29. The van der Waals surface area contributed by atoms with Gasteiger partial charge in [0.2, 0.25) is 10.0 Å². The fraction of sp³-hybridized carbons (Fsp3) is 0.625. The summed E-state index contributed by atoms with van der Waals surface area (Å²) in [6.07, 6.45) is 2.31. The third kappa shape index (κ3) is 4.53. The molecule has 1 aliphatic rings. The Bertz CT molecular complexity index is 530. The number of benzene rings is 1. The fourth-order valence-electron chi connectivity index (χ4n) is 2.62. The predicted molar refractivity (Wildman–Crippen MR) is 84.7 cm³/mol. The van der Waals surface area contributed by atoms with E-state index in [4.69, 9.17) is 4.74 Å². The summed E-state index contributed by atoms with van der Waals surface area (Å²) in [4.78, 5) is 0. The molecule has 2 atom stereocenters. The van der Waals surface area contributed by atoms with E-state index in [1.165, 1.54) is 5.56 Å². The second kappa shape index (κ2) is 7.38. The summed E-state index contributed by atoms with van der Waals surface area (Å²) in [7, 11) is -3.17. The van der Waals surface area contributed by atoms with Crippen molar-refractivity contribution in [3.63, 3.8) is 0 Å². The second-order valence-electron chi connectivity index (χ2n) is 5.73. The highest BCUT2D eigenvalue weighted by molar-refractivity contribution is 7.89. The molecule has 1 heterocycles. The minimum atomic E-state index is -3.17. The van der Waals surface area contributed by atoms with Crippen LogP contribution in [0.25, 0.3) is 0 Å². The number of hydrogen-bond donors (Lipinski definition) is 0. The molecule has 4 nitrogen and oxygen atoms in total. The Labute approximate surface area is 128 Å². The Hall–Kier alpha value is -0.910. The van der Waals surface area contributed by atoms with E-state index in [9.17, 15) is 8.42 Å². The Morgan fingerprint density at radius 3 is 2.67 bits per heavy atom. The Kier molecular flexibility index (Phi) is 5.79. The molecule has 21 heavy (non-hydrogen) atoms. The van der Waals surface area contributed by atoms with Crippen molar-refractivity contribution in [3.05, 3.63) is 35.9 Å². The number of hydrogen-bond acceptors (Lipinski definition) is 3. The van der Waals surface area contributed by atoms with Gasteiger partial charge in [-0.1, -0.05) is 43.7 Å². The molecular formula is C16H25NO3S. The van der Waals surface area contributed by atoms with Crippen LogP contribution < -0.4 is 0 Å². The molecule has 0 N–H and O–H groups in total. The van der Waals surface area contributed by atoms with Crippen LogP contribution in [0.5, 0.6) is 0 Å². The maximum atomic E-state index is 12.4. The summed E-state index contributed by atoms with van der Waals surface area (Å²) in [5, 5.41) is 0. The van der Waals surface area contributed by atoms with Gasteiger partial charge in [0, 0.05) is 12.6 Å². The minimum Gasteiger partial charge on any atom is -0.375 e. The smallest absolute Gasteiger partial charge is 0.214 e. The average molecular weight is 311 g/mol. The predicted octanol–water partition coefficient (Wildman–Crippen LogP) is 2.45. The normalized spacial score (nSPS) is 24.1. The summed E-state index contributed by atoms with van der Waals surface area (Å²) < 4.78 is 32.3. The van der Waals surface area contributed by atoms with E-state index >= 15 is 0 Å². The maximum absolute atomic E-state index is 12.4. The molecule has 0 amide bonds. The summed E-state index contributed by atoms with van der Waals surface area (Å²) in [6, 6.07) is 10.0. The van der Waals surface area contributed by atoms with Crippen LogP contribution in [0.3, 0.4) is 0 Å². The van der Waals surface area contributed by atoms with E-state index in [-0.39, 0.29) is 17.9 Å². The molecule has 0 saturated carbocycles. The van der Waals surface area contributed by atoms with Crippen molar-refractivity contribution in [2.45, 2.75) is 45.3 Å². The lowest BCUT2D eigenvalue weighted by Crippen LogP contribution is -2.52. The van der Waals surface area contributed by atoms with E-state index < -0.39 is 10.0 Å². The Morgan fingerprint density at radius 1 is 1.29 bits per heavy atom. The van der Waals surface area contributed by atoms with Crippen molar-refractivity contribution in [2.75, 3.05) is 18.9 Å². The van der Waals surface area contributed by atoms with E-state index in [0.717, 1.165) is 19.3 Å². The molecule has 1 fully saturated rings. The molecule has 0 radical (unpaired) electrons. The van der Waals surface area contributed by atoms with Crippen molar-refractivity contribution >= 4 is 10.0 Å². The number of sulfonamides is 1. The molecule has 2 unspecified atom stereocenters. The molecule has 0 aliphatic carbocycles. The van der Waals surface area contributed by atoms with Crippen LogP contribution in [0.15, 0.2) is 30.3 Å². The van der Waals surface area contributed by atoms with Crippen LogP contribution in [0.1, 0.15) is 32.3 Å². The zero-order valence-corrected chi connectivity index (χ0v) is 13.7. The minimum absolute atomic E-state index is 0.0556. The van der Waals surface area contributed by atoms with Gasteiger partial charge in [-0.3, -0.25) is 0 Å². The highest BCUT2D eigenvalue weighted by Crippen LogP contribution is 2.19. The zero-order valence-electron chi connectivity index (χ0n) is 12.9. The molecule has 118 valence electrons. The van der Waals surface area contributed by atoms with Gasteiger partial charge in [-0.05, 0) is 25.3 Å². The van der Waals surface area contributed by atoms with Crippen LogP contribution >= 0.6 is 0 Å². The van der Waals surface area contributed by atoms with Crippen LogP contribution in [0.2, 0.25) is 0 Å². The molecule has 0 aromatic heterocycles. The standard InChI is InChI=1S/C16H25NO3S/c1-3-4-10-21(18,19)17-12-16(20-13-14(17)2)11-15-8-6-5-7-9-15/h5-9,14,16H,3-4,10-13H2,1-2H3. The van der Waals surface area contributed by atoms with E-state index in [2.05, 4.69) is 12.1 Å². The van der Waals surface area contributed by atoms with Crippen molar-refractivity contribution in [1.82, 2.24) is 4.31 Å². The van der Waals surface area contributed by atoms with Gasteiger partial charge >= 0.3 is 0 Å². The van der Waals surface area contributed by atoms with Crippen LogP contribution in [-0.4, -0.2) is 43.8 Å². The van der Waals surface area contributed by atoms with E-state index in [1.54, 1.807) is 4.31 Å². The van der Waals surface area contributed by atoms with Gasteiger partial charge in [0.25, 0.3) is 0 Å². The van der Waals surface area contributed by atoms with Crippen LogP contribution in [0, 0.1) is 0 Å². The van der Waals surface area contributed by atoms with Gasteiger partial charge in [-0.25, -0.2) is 8.42 Å². The van der Waals surface area contributed by atoms with Gasteiger partial charge in [-0.2, -0.15) is 4.31 Å². The molecule has 0 bridgehead atoms. The lowest BCUT2D eigenvalue weighted by Gasteiger charge is -2.37. The highest BCUT2D eigenvalue weighted by Gasteiger charge is 2.33. The quantitative estimate of drug-likeness (QED) is 0.811. The number of morpholine rings is 1. The zero-order chi connectivity index (χ0) is 15.3. The van der Waals surface area contributed by atoms with Gasteiger partial charge < -0.3 is 4.74 Å². The average Bonchev–Trinajstić information content (AvgIpc) is 2.48. The molecule has 0 spiro atoms. The van der Waals surface area contributed by atoms with E-state index in [1.807, 2.05) is 32.0 Å². The molecule has 1 saturated heterocycles.